The van der Waals surface area contributed by atoms with E-state index in [4.69, 9.17) is 0 Å². The molecule has 90 valence electrons. The van der Waals surface area contributed by atoms with Crippen molar-refractivity contribution in [3.8, 4) is 0 Å². The molecule has 0 aromatic carbocycles. The number of hydrogen-bond acceptors (Lipinski definition) is 4. The number of nitrogens with zero attached hydrogens (tertiary/aromatic N) is 2. The standard InChI is InChI=1S/C12H21N3S/c1-8(13-3)11-7-14-12(16-11)15(4)9(2)10-5-6-10/h7-10,13H,5-6H2,1-4H3. The summed E-state index contributed by atoms with van der Waals surface area (Å²) in [4.78, 5) is 8.16. The van der Waals surface area contributed by atoms with Gasteiger partial charge in [0, 0.05) is 30.2 Å². The van der Waals surface area contributed by atoms with Gasteiger partial charge in [-0.2, -0.15) is 0 Å². The van der Waals surface area contributed by atoms with Gasteiger partial charge < -0.3 is 10.2 Å². The van der Waals surface area contributed by atoms with E-state index in [0.29, 0.717) is 12.1 Å². The molecule has 16 heavy (non-hydrogen) atoms. The van der Waals surface area contributed by atoms with Gasteiger partial charge in [-0.05, 0) is 39.7 Å². The number of thiazole rings is 1. The minimum absolute atomic E-state index is 0.399. The third-order valence-corrected chi connectivity index (χ3v) is 4.86. The van der Waals surface area contributed by atoms with Crippen molar-refractivity contribution in [3.05, 3.63) is 11.1 Å². The van der Waals surface area contributed by atoms with Gasteiger partial charge in [0.2, 0.25) is 0 Å². The van der Waals surface area contributed by atoms with E-state index in [0.717, 1.165) is 11.0 Å². The van der Waals surface area contributed by atoms with Crippen molar-refractivity contribution in [1.29, 1.82) is 0 Å². The quantitative estimate of drug-likeness (QED) is 0.856. The van der Waals surface area contributed by atoms with E-state index in [9.17, 15) is 0 Å². The molecule has 1 heterocycles. The molecule has 1 saturated carbocycles. The van der Waals surface area contributed by atoms with E-state index >= 15 is 0 Å². The molecule has 0 aliphatic heterocycles. The highest BCUT2D eigenvalue weighted by Gasteiger charge is 2.31. The third-order valence-electron chi connectivity index (χ3n) is 3.59. The van der Waals surface area contributed by atoms with Crippen LogP contribution in [0.1, 0.15) is 37.6 Å². The predicted octanol–water partition coefficient (Wildman–Crippen LogP) is 2.66. The van der Waals surface area contributed by atoms with Crippen molar-refractivity contribution in [1.82, 2.24) is 10.3 Å². The first-order valence-electron chi connectivity index (χ1n) is 5.99. The van der Waals surface area contributed by atoms with E-state index in [1.807, 2.05) is 13.2 Å². The fourth-order valence-corrected chi connectivity index (χ4v) is 2.88. The van der Waals surface area contributed by atoms with Crippen molar-refractivity contribution < 1.29 is 0 Å². The minimum atomic E-state index is 0.399. The molecule has 2 atom stereocenters. The summed E-state index contributed by atoms with van der Waals surface area (Å²) in [5.74, 6) is 0.888. The van der Waals surface area contributed by atoms with Crippen molar-refractivity contribution in [2.75, 3.05) is 19.0 Å². The number of aromatic nitrogens is 1. The van der Waals surface area contributed by atoms with E-state index in [-0.39, 0.29) is 0 Å². The second-order valence-electron chi connectivity index (χ2n) is 4.74. The molecule has 3 nitrogen and oxygen atoms in total. The zero-order valence-electron chi connectivity index (χ0n) is 10.5. The summed E-state index contributed by atoms with van der Waals surface area (Å²) in [7, 11) is 4.15. The summed E-state index contributed by atoms with van der Waals surface area (Å²) in [6.07, 6.45) is 4.77. The minimum Gasteiger partial charge on any atom is -0.348 e. The lowest BCUT2D eigenvalue weighted by Gasteiger charge is -2.23. The summed E-state index contributed by atoms with van der Waals surface area (Å²) in [6, 6.07) is 1.03. The van der Waals surface area contributed by atoms with Gasteiger partial charge in [-0.15, -0.1) is 11.3 Å². The highest BCUT2D eigenvalue weighted by molar-refractivity contribution is 7.15. The van der Waals surface area contributed by atoms with Crippen LogP contribution < -0.4 is 10.2 Å². The van der Waals surface area contributed by atoms with Gasteiger partial charge in [-0.25, -0.2) is 4.98 Å². The highest BCUT2D eigenvalue weighted by atomic mass is 32.1. The fourth-order valence-electron chi connectivity index (χ4n) is 1.85. The Balaban J connectivity index is 2.05. The maximum absolute atomic E-state index is 4.52. The first-order chi connectivity index (χ1) is 7.63. The molecule has 0 bridgehead atoms. The molecule has 1 aliphatic rings. The topological polar surface area (TPSA) is 28.2 Å². The predicted molar refractivity (Wildman–Crippen MR) is 70.2 cm³/mol. The normalized spacial score (nSPS) is 19.5. The van der Waals surface area contributed by atoms with Gasteiger partial charge >= 0.3 is 0 Å². The number of hydrogen-bond donors (Lipinski definition) is 1. The molecule has 4 heteroatoms. The molecule has 1 aliphatic carbocycles. The van der Waals surface area contributed by atoms with E-state index in [1.54, 1.807) is 11.3 Å². The Kier molecular flexibility index (Phi) is 3.50. The maximum Gasteiger partial charge on any atom is 0.185 e. The molecular formula is C12H21N3S. The van der Waals surface area contributed by atoms with Crippen LogP contribution in [0.3, 0.4) is 0 Å². The Labute approximate surface area is 102 Å². The molecule has 1 N–H and O–H groups in total. The van der Waals surface area contributed by atoms with Gasteiger partial charge in [0.25, 0.3) is 0 Å². The molecule has 1 aromatic heterocycles. The lowest BCUT2D eigenvalue weighted by molar-refractivity contribution is 0.608. The van der Waals surface area contributed by atoms with Crippen LogP contribution >= 0.6 is 11.3 Å². The molecule has 0 spiro atoms. The Morgan fingerprint density at radius 2 is 2.19 bits per heavy atom. The average molecular weight is 239 g/mol. The SMILES string of the molecule is CNC(C)c1cnc(N(C)C(C)C2CC2)s1. The van der Waals surface area contributed by atoms with Crippen molar-refractivity contribution >= 4 is 16.5 Å². The third kappa shape index (κ3) is 2.38. The average Bonchev–Trinajstić information content (AvgIpc) is 3.03. The van der Waals surface area contributed by atoms with E-state index < -0.39 is 0 Å². The Bertz CT molecular complexity index is 346. The zero-order valence-corrected chi connectivity index (χ0v) is 11.3. The first kappa shape index (κ1) is 11.9. The van der Waals surface area contributed by atoms with Crippen LogP contribution in [0.25, 0.3) is 0 Å². The zero-order chi connectivity index (χ0) is 11.7. The van der Waals surface area contributed by atoms with Crippen molar-refractivity contribution in [2.45, 2.75) is 38.8 Å². The maximum atomic E-state index is 4.52. The van der Waals surface area contributed by atoms with Crippen LogP contribution in [-0.2, 0) is 0 Å². The lowest BCUT2D eigenvalue weighted by Crippen LogP contribution is -2.30. The van der Waals surface area contributed by atoms with Gasteiger partial charge in [0.1, 0.15) is 0 Å². The van der Waals surface area contributed by atoms with Crippen LogP contribution in [0.5, 0.6) is 0 Å². The molecule has 2 unspecified atom stereocenters. The first-order valence-corrected chi connectivity index (χ1v) is 6.81. The Morgan fingerprint density at radius 1 is 1.50 bits per heavy atom. The van der Waals surface area contributed by atoms with Crippen LogP contribution in [0.2, 0.25) is 0 Å². The molecule has 1 aromatic rings. The second kappa shape index (κ2) is 4.72. The number of nitrogens with one attached hydrogen (secondary N) is 1. The monoisotopic (exact) mass is 239 g/mol. The van der Waals surface area contributed by atoms with E-state index in [2.05, 4.69) is 36.1 Å². The summed E-state index contributed by atoms with van der Waals surface area (Å²) in [5.41, 5.74) is 0. The molecular weight excluding hydrogens is 218 g/mol. The van der Waals surface area contributed by atoms with Crippen molar-refractivity contribution in [3.63, 3.8) is 0 Å². The Morgan fingerprint density at radius 3 is 2.75 bits per heavy atom. The van der Waals surface area contributed by atoms with Crippen LogP contribution in [-0.4, -0.2) is 25.1 Å². The van der Waals surface area contributed by atoms with Gasteiger partial charge in [0.05, 0.1) is 0 Å². The number of rotatable bonds is 5. The molecule has 0 radical (unpaired) electrons. The highest BCUT2D eigenvalue weighted by Crippen LogP contribution is 2.37. The molecule has 1 fully saturated rings. The van der Waals surface area contributed by atoms with Gasteiger partial charge in [-0.1, -0.05) is 0 Å². The summed E-state index contributed by atoms with van der Waals surface area (Å²) >= 11 is 1.80. The fraction of sp³-hybridized carbons (Fsp3) is 0.750. The number of anilines is 1. The lowest BCUT2D eigenvalue weighted by atomic mass is 10.2. The van der Waals surface area contributed by atoms with Gasteiger partial charge in [-0.3, -0.25) is 0 Å². The Hall–Kier alpha value is -0.610. The molecule has 2 rings (SSSR count). The van der Waals surface area contributed by atoms with E-state index in [1.165, 1.54) is 17.7 Å². The summed E-state index contributed by atoms with van der Waals surface area (Å²) in [5, 5.41) is 4.40. The summed E-state index contributed by atoms with van der Waals surface area (Å²) in [6.45, 7) is 4.47. The van der Waals surface area contributed by atoms with Crippen molar-refractivity contribution in [2.24, 2.45) is 5.92 Å². The largest absolute Gasteiger partial charge is 0.348 e. The van der Waals surface area contributed by atoms with Crippen LogP contribution in [0.4, 0.5) is 5.13 Å². The second-order valence-corrected chi connectivity index (χ2v) is 5.79. The van der Waals surface area contributed by atoms with Crippen LogP contribution in [0, 0.1) is 5.92 Å². The summed E-state index contributed by atoms with van der Waals surface area (Å²) < 4.78 is 0. The molecule has 0 saturated heterocycles. The molecule has 0 amide bonds. The van der Waals surface area contributed by atoms with Crippen LogP contribution in [0.15, 0.2) is 6.20 Å². The smallest absolute Gasteiger partial charge is 0.185 e. The van der Waals surface area contributed by atoms with Gasteiger partial charge in [0.15, 0.2) is 5.13 Å².